The average Bonchev–Trinajstić information content (AvgIpc) is 2.39. The monoisotopic (exact) mass is 232 g/mol. The summed E-state index contributed by atoms with van der Waals surface area (Å²) in [4.78, 5) is 4.34. The van der Waals surface area contributed by atoms with Gasteiger partial charge in [0.1, 0.15) is 5.82 Å². The van der Waals surface area contributed by atoms with Crippen LogP contribution in [0.2, 0.25) is 0 Å². The van der Waals surface area contributed by atoms with Crippen LogP contribution in [0, 0.1) is 5.82 Å². The minimum Gasteiger partial charge on any atom is -0.481 e. The molecule has 0 saturated carbocycles. The summed E-state index contributed by atoms with van der Waals surface area (Å²) in [6, 6.07) is 9.88. The second-order valence-corrected chi connectivity index (χ2v) is 3.58. The van der Waals surface area contributed by atoms with E-state index in [1.807, 2.05) is 12.1 Å². The van der Waals surface area contributed by atoms with Gasteiger partial charge in [-0.1, -0.05) is 6.07 Å². The molecule has 2 rings (SSSR count). The van der Waals surface area contributed by atoms with E-state index in [-0.39, 0.29) is 5.82 Å². The van der Waals surface area contributed by atoms with Gasteiger partial charge in [0.2, 0.25) is 5.88 Å². The molecule has 0 unspecified atom stereocenters. The van der Waals surface area contributed by atoms with Crippen LogP contribution < -0.4 is 10.5 Å². The van der Waals surface area contributed by atoms with Crippen molar-refractivity contribution in [3.05, 3.63) is 47.8 Å². The van der Waals surface area contributed by atoms with Gasteiger partial charge in [0.05, 0.1) is 12.8 Å². The molecule has 17 heavy (non-hydrogen) atoms. The third-order valence-electron chi connectivity index (χ3n) is 2.49. The maximum absolute atomic E-state index is 12.8. The first-order valence-electron chi connectivity index (χ1n) is 5.24. The molecule has 0 radical (unpaired) electrons. The standard InChI is InChI=1S/C13H13FN2O/c1-17-13-10(8-15)4-7-12(16-13)9-2-5-11(14)6-3-9/h2-7H,8,15H2,1H3. The van der Waals surface area contributed by atoms with E-state index >= 15 is 0 Å². The van der Waals surface area contributed by atoms with E-state index in [1.54, 1.807) is 19.2 Å². The number of hydrogen-bond donors (Lipinski definition) is 1. The Morgan fingerprint density at radius 3 is 2.47 bits per heavy atom. The molecule has 1 heterocycles. The summed E-state index contributed by atoms with van der Waals surface area (Å²) in [5.41, 5.74) is 7.99. The molecule has 0 saturated heterocycles. The highest BCUT2D eigenvalue weighted by atomic mass is 19.1. The number of hydrogen-bond acceptors (Lipinski definition) is 3. The van der Waals surface area contributed by atoms with Crippen molar-refractivity contribution < 1.29 is 9.13 Å². The number of nitrogens with zero attached hydrogens (tertiary/aromatic N) is 1. The summed E-state index contributed by atoms with van der Waals surface area (Å²) in [7, 11) is 1.55. The predicted molar refractivity (Wildman–Crippen MR) is 64.1 cm³/mol. The summed E-state index contributed by atoms with van der Waals surface area (Å²) >= 11 is 0. The predicted octanol–water partition coefficient (Wildman–Crippen LogP) is 2.35. The van der Waals surface area contributed by atoms with Crippen LogP contribution in [-0.2, 0) is 6.54 Å². The lowest BCUT2D eigenvalue weighted by atomic mass is 10.1. The summed E-state index contributed by atoms with van der Waals surface area (Å²) < 4.78 is 18.0. The smallest absolute Gasteiger partial charge is 0.218 e. The second kappa shape index (κ2) is 4.93. The molecule has 0 spiro atoms. The van der Waals surface area contributed by atoms with E-state index < -0.39 is 0 Å². The van der Waals surface area contributed by atoms with Gasteiger partial charge in [-0.3, -0.25) is 0 Å². The van der Waals surface area contributed by atoms with Crippen LogP contribution in [0.3, 0.4) is 0 Å². The van der Waals surface area contributed by atoms with E-state index in [9.17, 15) is 4.39 Å². The Bertz CT molecular complexity index is 511. The molecule has 3 nitrogen and oxygen atoms in total. The van der Waals surface area contributed by atoms with Gasteiger partial charge in [-0.15, -0.1) is 0 Å². The Morgan fingerprint density at radius 1 is 1.18 bits per heavy atom. The molecule has 1 aromatic carbocycles. The van der Waals surface area contributed by atoms with Gasteiger partial charge < -0.3 is 10.5 Å². The van der Waals surface area contributed by atoms with Gasteiger partial charge in [0, 0.05) is 17.7 Å². The molecule has 2 aromatic rings. The van der Waals surface area contributed by atoms with Gasteiger partial charge in [0.15, 0.2) is 0 Å². The molecule has 0 aliphatic heterocycles. The minimum atomic E-state index is -0.265. The zero-order valence-electron chi connectivity index (χ0n) is 9.48. The van der Waals surface area contributed by atoms with Crippen molar-refractivity contribution in [2.45, 2.75) is 6.54 Å². The highest BCUT2D eigenvalue weighted by Crippen LogP contribution is 2.23. The lowest BCUT2D eigenvalue weighted by molar-refractivity contribution is 0.393. The van der Waals surface area contributed by atoms with Crippen LogP contribution in [0.4, 0.5) is 4.39 Å². The van der Waals surface area contributed by atoms with E-state index in [4.69, 9.17) is 10.5 Å². The lowest BCUT2D eigenvalue weighted by Crippen LogP contribution is -2.02. The molecular weight excluding hydrogens is 219 g/mol. The first kappa shape index (κ1) is 11.5. The zero-order chi connectivity index (χ0) is 12.3. The quantitative estimate of drug-likeness (QED) is 0.883. The Labute approximate surface area is 99.1 Å². The number of aromatic nitrogens is 1. The Morgan fingerprint density at radius 2 is 1.88 bits per heavy atom. The molecule has 88 valence electrons. The highest BCUT2D eigenvalue weighted by Gasteiger charge is 2.06. The fraction of sp³-hybridized carbons (Fsp3) is 0.154. The van der Waals surface area contributed by atoms with Gasteiger partial charge in [-0.05, 0) is 30.3 Å². The van der Waals surface area contributed by atoms with Crippen LogP contribution in [-0.4, -0.2) is 12.1 Å². The third kappa shape index (κ3) is 2.42. The molecule has 4 heteroatoms. The fourth-order valence-electron chi connectivity index (χ4n) is 1.58. The van der Waals surface area contributed by atoms with Crippen molar-refractivity contribution in [1.82, 2.24) is 4.98 Å². The van der Waals surface area contributed by atoms with Crippen molar-refractivity contribution in [3.8, 4) is 17.1 Å². The third-order valence-corrected chi connectivity index (χ3v) is 2.49. The summed E-state index contributed by atoms with van der Waals surface area (Å²) in [5, 5.41) is 0. The lowest BCUT2D eigenvalue weighted by Gasteiger charge is -2.08. The van der Waals surface area contributed by atoms with Crippen LogP contribution in [0.15, 0.2) is 36.4 Å². The van der Waals surface area contributed by atoms with Crippen molar-refractivity contribution in [3.63, 3.8) is 0 Å². The van der Waals surface area contributed by atoms with Crippen molar-refractivity contribution in [2.75, 3.05) is 7.11 Å². The van der Waals surface area contributed by atoms with E-state index in [1.165, 1.54) is 12.1 Å². The maximum Gasteiger partial charge on any atom is 0.218 e. The van der Waals surface area contributed by atoms with E-state index in [0.717, 1.165) is 16.8 Å². The zero-order valence-corrected chi connectivity index (χ0v) is 9.48. The molecule has 0 fully saturated rings. The highest BCUT2D eigenvalue weighted by molar-refractivity contribution is 5.60. The summed E-state index contributed by atoms with van der Waals surface area (Å²) in [5.74, 6) is 0.244. The number of nitrogens with two attached hydrogens (primary N) is 1. The normalized spacial score (nSPS) is 10.3. The molecule has 2 N–H and O–H groups in total. The first-order valence-corrected chi connectivity index (χ1v) is 5.24. The second-order valence-electron chi connectivity index (χ2n) is 3.58. The van der Waals surface area contributed by atoms with Crippen molar-refractivity contribution in [1.29, 1.82) is 0 Å². The molecule has 0 atom stereocenters. The minimum absolute atomic E-state index is 0.265. The number of halogens is 1. The average molecular weight is 232 g/mol. The topological polar surface area (TPSA) is 48.1 Å². The molecule has 0 bridgehead atoms. The van der Waals surface area contributed by atoms with Crippen LogP contribution in [0.1, 0.15) is 5.56 Å². The summed E-state index contributed by atoms with van der Waals surface area (Å²) in [6.45, 7) is 0.375. The van der Waals surface area contributed by atoms with Gasteiger partial charge in [0.25, 0.3) is 0 Å². The Kier molecular flexibility index (Phi) is 3.35. The largest absolute Gasteiger partial charge is 0.481 e. The number of benzene rings is 1. The molecular formula is C13H13FN2O. The Balaban J connectivity index is 2.42. The van der Waals surface area contributed by atoms with Gasteiger partial charge in [-0.2, -0.15) is 0 Å². The van der Waals surface area contributed by atoms with E-state index in [0.29, 0.717) is 12.4 Å². The van der Waals surface area contributed by atoms with Crippen LogP contribution >= 0.6 is 0 Å². The maximum atomic E-state index is 12.8. The number of rotatable bonds is 3. The van der Waals surface area contributed by atoms with Gasteiger partial charge >= 0.3 is 0 Å². The van der Waals surface area contributed by atoms with Crippen molar-refractivity contribution in [2.24, 2.45) is 5.73 Å². The van der Waals surface area contributed by atoms with Gasteiger partial charge in [-0.25, -0.2) is 9.37 Å². The fourth-order valence-corrected chi connectivity index (χ4v) is 1.58. The number of methoxy groups -OCH3 is 1. The molecule has 0 amide bonds. The molecule has 0 aliphatic rings. The number of pyridine rings is 1. The van der Waals surface area contributed by atoms with Crippen LogP contribution in [0.5, 0.6) is 5.88 Å². The number of ether oxygens (including phenoxy) is 1. The summed E-state index contributed by atoms with van der Waals surface area (Å²) in [6.07, 6.45) is 0. The van der Waals surface area contributed by atoms with Crippen molar-refractivity contribution >= 4 is 0 Å². The van der Waals surface area contributed by atoms with Crippen LogP contribution in [0.25, 0.3) is 11.3 Å². The Hall–Kier alpha value is -1.94. The molecule has 1 aromatic heterocycles. The first-order chi connectivity index (χ1) is 8.24. The SMILES string of the molecule is COc1nc(-c2ccc(F)cc2)ccc1CN. The van der Waals surface area contributed by atoms with E-state index in [2.05, 4.69) is 4.98 Å². The molecule has 0 aliphatic carbocycles.